The van der Waals surface area contributed by atoms with E-state index in [1.54, 1.807) is 18.2 Å². The van der Waals surface area contributed by atoms with Crippen molar-refractivity contribution in [1.82, 2.24) is 5.43 Å². The molecule has 1 N–H and O–H groups in total. The Morgan fingerprint density at radius 1 is 1.16 bits per heavy atom. The van der Waals surface area contributed by atoms with Gasteiger partial charge in [-0.25, -0.2) is 9.82 Å². The molecule has 1 amide bonds. The second kappa shape index (κ2) is 9.61. The van der Waals surface area contributed by atoms with E-state index < -0.39 is 5.82 Å². The molecule has 2 rings (SSSR count). The molecular weight excluding hydrogens is 390 g/mol. The van der Waals surface area contributed by atoms with Gasteiger partial charge in [0.15, 0.2) is 0 Å². The fourth-order valence-corrected chi connectivity index (χ4v) is 2.52. The number of benzene rings is 2. The molecule has 2 aromatic rings. The molecule has 0 aliphatic rings. The predicted molar refractivity (Wildman–Crippen MR) is 98.3 cm³/mol. The van der Waals surface area contributed by atoms with E-state index in [2.05, 4.69) is 10.5 Å². The van der Waals surface area contributed by atoms with Crippen molar-refractivity contribution >= 4 is 46.9 Å². The van der Waals surface area contributed by atoms with E-state index in [9.17, 15) is 9.18 Å². The summed E-state index contributed by atoms with van der Waals surface area (Å²) in [5.41, 5.74) is 2.87. The number of carbonyl (C=O) groups excluding carboxylic acids is 1. The summed E-state index contributed by atoms with van der Waals surface area (Å²) in [4.78, 5) is 11.7. The summed E-state index contributed by atoms with van der Waals surface area (Å²) < 4.78 is 18.4. The molecule has 2 aromatic carbocycles. The van der Waals surface area contributed by atoms with E-state index in [0.29, 0.717) is 34.4 Å². The Hall–Kier alpha value is -1.82. The topological polar surface area (TPSA) is 50.7 Å². The lowest BCUT2D eigenvalue weighted by Gasteiger charge is -2.07. The summed E-state index contributed by atoms with van der Waals surface area (Å²) in [7, 11) is 0. The third kappa shape index (κ3) is 6.53. The first-order valence-electron chi connectivity index (χ1n) is 7.30. The van der Waals surface area contributed by atoms with Crippen molar-refractivity contribution < 1.29 is 13.9 Å². The number of hydrogen-bond acceptors (Lipinski definition) is 3. The number of carbonyl (C=O) groups is 1. The zero-order valence-electron chi connectivity index (χ0n) is 12.9. The number of rotatable bonds is 7. The van der Waals surface area contributed by atoms with Gasteiger partial charge in [0.05, 0.1) is 22.9 Å². The minimum absolute atomic E-state index is 0.214. The van der Waals surface area contributed by atoms with Gasteiger partial charge in [-0.05, 0) is 42.8 Å². The molecule has 0 spiro atoms. The minimum atomic E-state index is -0.438. The quantitative estimate of drug-likeness (QED) is 0.397. The van der Waals surface area contributed by atoms with Gasteiger partial charge in [0.25, 0.3) is 0 Å². The van der Waals surface area contributed by atoms with Gasteiger partial charge in [0.1, 0.15) is 11.6 Å². The Balaban J connectivity index is 1.71. The van der Waals surface area contributed by atoms with Crippen LogP contribution < -0.4 is 10.2 Å². The summed E-state index contributed by atoms with van der Waals surface area (Å²) in [6, 6.07) is 8.82. The van der Waals surface area contributed by atoms with Gasteiger partial charge in [-0.1, -0.05) is 34.8 Å². The summed E-state index contributed by atoms with van der Waals surface area (Å²) >= 11 is 17.6. The number of amides is 1. The molecule has 0 heterocycles. The SMILES string of the molecule is O=C(CCCOc1ccc(Cl)cc1Cl)N/N=C/c1ccc(F)cc1Cl. The predicted octanol–water partition coefficient (Wildman–Crippen LogP) is 5.10. The lowest BCUT2D eigenvalue weighted by molar-refractivity contribution is -0.121. The van der Waals surface area contributed by atoms with Crippen molar-refractivity contribution in [1.29, 1.82) is 0 Å². The number of hydrogen-bond donors (Lipinski definition) is 1. The van der Waals surface area contributed by atoms with Crippen LogP contribution in [0.1, 0.15) is 18.4 Å². The van der Waals surface area contributed by atoms with Crippen molar-refractivity contribution in [2.45, 2.75) is 12.8 Å². The molecule has 0 fully saturated rings. The fourth-order valence-electron chi connectivity index (χ4n) is 1.84. The fraction of sp³-hybridized carbons (Fsp3) is 0.176. The van der Waals surface area contributed by atoms with Crippen LogP contribution in [-0.2, 0) is 4.79 Å². The van der Waals surface area contributed by atoms with Gasteiger partial charge >= 0.3 is 0 Å². The molecule has 0 radical (unpaired) electrons. The van der Waals surface area contributed by atoms with Crippen molar-refractivity contribution in [3.63, 3.8) is 0 Å². The first-order chi connectivity index (χ1) is 12.0. The molecule has 0 aliphatic carbocycles. The number of nitrogens with one attached hydrogen (secondary N) is 1. The van der Waals surface area contributed by atoms with Crippen LogP contribution in [0.2, 0.25) is 15.1 Å². The zero-order valence-corrected chi connectivity index (χ0v) is 15.2. The van der Waals surface area contributed by atoms with Crippen LogP contribution in [-0.4, -0.2) is 18.7 Å². The first-order valence-corrected chi connectivity index (χ1v) is 8.44. The Morgan fingerprint density at radius 3 is 2.68 bits per heavy atom. The highest BCUT2D eigenvalue weighted by Crippen LogP contribution is 2.27. The number of nitrogens with zero attached hydrogens (tertiary/aromatic N) is 1. The standard InChI is InChI=1S/C17H14Cl3FN2O2/c18-12-4-6-16(15(20)8-12)25-7-1-2-17(24)23-22-10-11-3-5-13(21)9-14(11)19/h3-6,8-10H,1-2,7H2,(H,23,24)/b22-10+. The second-order valence-electron chi connectivity index (χ2n) is 4.99. The second-order valence-corrected chi connectivity index (χ2v) is 6.24. The number of ether oxygens (including phenoxy) is 1. The first kappa shape index (κ1) is 19.5. The van der Waals surface area contributed by atoms with Crippen molar-refractivity contribution in [3.05, 3.63) is 62.8 Å². The molecule has 0 saturated carbocycles. The molecule has 132 valence electrons. The van der Waals surface area contributed by atoms with Gasteiger partial charge < -0.3 is 4.74 Å². The van der Waals surface area contributed by atoms with Crippen molar-refractivity contribution in [3.8, 4) is 5.75 Å². The van der Waals surface area contributed by atoms with Crippen LogP contribution in [0.25, 0.3) is 0 Å². The minimum Gasteiger partial charge on any atom is -0.492 e. The maximum atomic E-state index is 12.9. The summed E-state index contributed by atoms with van der Waals surface area (Å²) in [6.07, 6.45) is 2.06. The molecule has 0 atom stereocenters. The third-order valence-corrected chi connectivity index (χ3v) is 3.91. The number of hydrazone groups is 1. The zero-order chi connectivity index (χ0) is 18.2. The van der Waals surface area contributed by atoms with E-state index in [4.69, 9.17) is 39.5 Å². The molecule has 8 heteroatoms. The number of halogens is 4. The summed E-state index contributed by atoms with van der Waals surface area (Å²) in [5.74, 6) is -0.206. The monoisotopic (exact) mass is 402 g/mol. The normalized spacial score (nSPS) is 10.9. The van der Waals surface area contributed by atoms with Crippen molar-refractivity contribution in [2.75, 3.05) is 6.61 Å². The van der Waals surface area contributed by atoms with Gasteiger partial charge in [-0.15, -0.1) is 0 Å². The van der Waals surface area contributed by atoms with Crippen LogP contribution >= 0.6 is 34.8 Å². The Morgan fingerprint density at radius 2 is 1.96 bits per heavy atom. The maximum absolute atomic E-state index is 12.9. The largest absolute Gasteiger partial charge is 0.492 e. The highest BCUT2D eigenvalue weighted by molar-refractivity contribution is 6.35. The van der Waals surface area contributed by atoms with E-state index >= 15 is 0 Å². The highest BCUT2D eigenvalue weighted by Gasteiger charge is 2.04. The average Bonchev–Trinajstić information content (AvgIpc) is 2.55. The van der Waals surface area contributed by atoms with E-state index in [0.717, 1.165) is 0 Å². The molecule has 0 aromatic heterocycles. The summed E-state index contributed by atoms with van der Waals surface area (Å²) in [6.45, 7) is 0.322. The molecular formula is C17H14Cl3FN2O2. The molecule has 0 saturated heterocycles. The Labute approximate surface area is 159 Å². The average molecular weight is 404 g/mol. The van der Waals surface area contributed by atoms with Crippen LogP contribution in [0.15, 0.2) is 41.5 Å². The van der Waals surface area contributed by atoms with Gasteiger partial charge in [0.2, 0.25) is 5.91 Å². The lowest BCUT2D eigenvalue weighted by Crippen LogP contribution is -2.18. The smallest absolute Gasteiger partial charge is 0.240 e. The van der Waals surface area contributed by atoms with Crippen molar-refractivity contribution in [2.24, 2.45) is 5.10 Å². The van der Waals surface area contributed by atoms with Crippen LogP contribution in [0.3, 0.4) is 0 Å². The van der Waals surface area contributed by atoms with Gasteiger partial charge in [-0.3, -0.25) is 4.79 Å². The van der Waals surface area contributed by atoms with E-state index in [-0.39, 0.29) is 17.4 Å². The summed E-state index contributed by atoms with van der Waals surface area (Å²) in [5, 5.41) is 4.94. The molecule has 0 aliphatic heterocycles. The maximum Gasteiger partial charge on any atom is 0.240 e. The lowest BCUT2D eigenvalue weighted by atomic mass is 10.2. The van der Waals surface area contributed by atoms with Crippen LogP contribution in [0.4, 0.5) is 4.39 Å². The van der Waals surface area contributed by atoms with Crippen LogP contribution in [0.5, 0.6) is 5.75 Å². The Kier molecular flexibility index (Phi) is 7.50. The molecule has 0 unspecified atom stereocenters. The highest BCUT2D eigenvalue weighted by atomic mass is 35.5. The third-order valence-electron chi connectivity index (χ3n) is 3.06. The van der Waals surface area contributed by atoms with Gasteiger partial charge in [-0.2, -0.15) is 5.10 Å². The van der Waals surface area contributed by atoms with Crippen LogP contribution in [0, 0.1) is 5.82 Å². The van der Waals surface area contributed by atoms with Gasteiger partial charge in [0, 0.05) is 17.0 Å². The Bertz CT molecular complexity index is 784. The van der Waals surface area contributed by atoms with E-state index in [1.807, 2.05) is 0 Å². The van der Waals surface area contributed by atoms with E-state index in [1.165, 1.54) is 24.4 Å². The molecule has 0 bridgehead atoms. The molecule has 4 nitrogen and oxygen atoms in total. The molecule has 25 heavy (non-hydrogen) atoms.